The lowest BCUT2D eigenvalue weighted by Gasteiger charge is -2.37. The summed E-state index contributed by atoms with van der Waals surface area (Å²) >= 11 is 0. The number of carbonyl (C=O) groups excluding carboxylic acids is 2. The van der Waals surface area contributed by atoms with Crippen LogP contribution in [0.4, 0.5) is 11.4 Å². The van der Waals surface area contributed by atoms with E-state index >= 15 is 0 Å². The molecule has 2 aromatic carbocycles. The number of benzene rings is 2. The van der Waals surface area contributed by atoms with Gasteiger partial charge in [0.25, 0.3) is 17.5 Å². The number of carbonyl (C=O) groups is 2. The molecule has 9 heteroatoms. The molecule has 9 nitrogen and oxygen atoms in total. The highest BCUT2D eigenvalue weighted by Gasteiger charge is 2.30. The van der Waals surface area contributed by atoms with Gasteiger partial charge in [-0.15, -0.1) is 0 Å². The highest BCUT2D eigenvalue weighted by atomic mass is 16.6. The first kappa shape index (κ1) is 23.5. The number of nitro benzene ring substituents is 1. The molecule has 0 bridgehead atoms. The highest BCUT2D eigenvalue weighted by Crippen LogP contribution is 2.30. The molecular weight excluding hydrogens is 436 g/mol. The molecule has 0 saturated carbocycles. The van der Waals surface area contributed by atoms with E-state index in [2.05, 4.69) is 11.8 Å². The van der Waals surface area contributed by atoms with Crippen molar-refractivity contribution in [3.8, 4) is 5.75 Å². The summed E-state index contributed by atoms with van der Waals surface area (Å²) in [6.07, 6.45) is 2.05. The van der Waals surface area contributed by atoms with E-state index in [-0.39, 0.29) is 17.5 Å². The van der Waals surface area contributed by atoms with Crippen LogP contribution in [0, 0.1) is 16.0 Å². The first-order chi connectivity index (χ1) is 16.4. The molecule has 4 rings (SSSR count). The maximum absolute atomic E-state index is 13.5. The summed E-state index contributed by atoms with van der Waals surface area (Å²) in [4.78, 5) is 42.9. The van der Waals surface area contributed by atoms with Crippen LogP contribution in [0.3, 0.4) is 0 Å². The minimum Gasteiger partial charge on any atom is -0.497 e. The summed E-state index contributed by atoms with van der Waals surface area (Å²) in [6, 6.07) is 11.6. The third-order valence-corrected chi connectivity index (χ3v) is 6.72. The molecule has 2 aliphatic heterocycles. The SMILES string of the molecule is COc1cccc(C(=O)N2CCN(C(=O)c3cc([N+](=O)[O-])ccc3N3CCC(C)CC3)CC2)c1. The zero-order valence-corrected chi connectivity index (χ0v) is 19.6. The molecule has 0 spiro atoms. The van der Waals surface area contributed by atoms with E-state index in [1.807, 2.05) is 0 Å². The number of methoxy groups -OCH3 is 1. The van der Waals surface area contributed by atoms with Gasteiger partial charge in [0.2, 0.25) is 0 Å². The Morgan fingerprint density at radius 3 is 2.21 bits per heavy atom. The lowest BCUT2D eigenvalue weighted by Crippen LogP contribution is -2.50. The van der Waals surface area contributed by atoms with Gasteiger partial charge < -0.3 is 19.4 Å². The first-order valence-electron chi connectivity index (χ1n) is 11.6. The van der Waals surface area contributed by atoms with Gasteiger partial charge in [-0.3, -0.25) is 19.7 Å². The van der Waals surface area contributed by atoms with Crippen LogP contribution in [0.2, 0.25) is 0 Å². The Kier molecular flexibility index (Phi) is 7.00. The summed E-state index contributed by atoms with van der Waals surface area (Å²) in [5.41, 5.74) is 1.55. The molecule has 0 aromatic heterocycles. The van der Waals surface area contributed by atoms with Gasteiger partial charge in [-0.1, -0.05) is 13.0 Å². The van der Waals surface area contributed by atoms with Gasteiger partial charge in [0.15, 0.2) is 0 Å². The molecule has 180 valence electrons. The zero-order chi connectivity index (χ0) is 24.2. The van der Waals surface area contributed by atoms with E-state index in [1.165, 1.54) is 12.1 Å². The summed E-state index contributed by atoms with van der Waals surface area (Å²) in [5, 5.41) is 11.4. The Hall–Kier alpha value is -3.62. The first-order valence-corrected chi connectivity index (χ1v) is 11.6. The standard InChI is InChI=1S/C25H30N4O5/c1-18-8-10-26(11-9-18)23-7-6-20(29(32)33)17-22(23)25(31)28-14-12-27(13-15-28)24(30)19-4-3-5-21(16-19)34-2/h3-7,16-18H,8-15H2,1-2H3. The van der Waals surface area contributed by atoms with Crippen molar-refractivity contribution >= 4 is 23.2 Å². The van der Waals surface area contributed by atoms with Gasteiger partial charge in [0.1, 0.15) is 5.75 Å². The molecule has 2 saturated heterocycles. The van der Waals surface area contributed by atoms with E-state index < -0.39 is 4.92 Å². The number of nitrogens with zero attached hydrogens (tertiary/aromatic N) is 4. The smallest absolute Gasteiger partial charge is 0.270 e. The van der Waals surface area contributed by atoms with Gasteiger partial charge in [0.05, 0.1) is 23.3 Å². The van der Waals surface area contributed by atoms with E-state index in [0.717, 1.165) is 31.6 Å². The van der Waals surface area contributed by atoms with Crippen LogP contribution in [0.15, 0.2) is 42.5 Å². The van der Waals surface area contributed by atoms with Gasteiger partial charge in [-0.05, 0) is 43.0 Å². The Morgan fingerprint density at radius 1 is 0.941 bits per heavy atom. The molecular formula is C25H30N4O5. The zero-order valence-electron chi connectivity index (χ0n) is 19.6. The van der Waals surface area contributed by atoms with E-state index in [0.29, 0.717) is 49.0 Å². The molecule has 2 aliphatic rings. The van der Waals surface area contributed by atoms with Crippen LogP contribution >= 0.6 is 0 Å². The number of piperazine rings is 1. The van der Waals surface area contributed by atoms with Crippen LogP contribution in [0.1, 0.15) is 40.5 Å². The van der Waals surface area contributed by atoms with Crippen molar-refractivity contribution in [3.05, 3.63) is 63.7 Å². The van der Waals surface area contributed by atoms with Crippen LogP contribution in [0.5, 0.6) is 5.75 Å². The second kappa shape index (κ2) is 10.1. The lowest BCUT2D eigenvalue weighted by atomic mass is 9.97. The molecule has 0 atom stereocenters. The summed E-state index contributed by atoms with van der Waals surface area (Å²) < 4.78 is 5.21. The average Bonchev–Trinajstić information content (AvgIpc) is 2.88. The molecule has 0 unspecified atom stereocenters. The lowest BCUT2D eigenvalue weighted by molar-refractivity contribution is -0.384. The minimum absolute atomic E-state index is 0.0932. The summed E-state index contributed by atoms with van der Waals surface area (Å²) in [5.74, 6) is 0.906. The van der Waals surface area contributed by atoms with E-state index in [1.54, 1.807) is 47.2 Å². The quantitative estimate of drug-likeness (QED) is 0.495. The Labute approximate surface area is 199 Å². The van der Waals surface area contributed by atoms with Crippen molar-refractivity contribution in [1.29, 1.82) is 0 Å². The van der Waals surface area contributed by atoms with Crippen molar-refractivity contribution in [2.75, 3.05) is 51.3 Å². The number of hydrogen-bond donors (Lipinski definition) is 0. The maximum atomic E-state index is 13.5. The van der Waals surface area contributed by atoms with Crippen molar-refractivity contribution in [2.45, 2.75) is 19.8 Å². The number of amides is 2. The highest BCUT2D eigenvalue weighted by molar-refractivity contribution is 6.01. The fraction of sp³-hybridized carbons (Fsp3) is 0.440. The van der Waals surface area contributed by atoms with Gasteiger partial charge in [-0.2, -0.15) is 0 Å². The fourth-order valence-corrected chi connectivity index (χ4v) is 4.56. The van der Waals surface area contributed by atoms with Gasteiger partial charge >= 0.3 is 0 Å². The molecule has 2 heterocycles. The van der Waals surface area contributed by atoms with Crippen molar-refractivity contribution in [3.63, 3.8) is 0 Å². The Balaban J connectivity index is 1.49. The molecule has 34 heavy (non-hydrogen) atoms. The molecule has 2 amide bonds. The molecule has 2 fully saturated rings. The van der Waals surface area contributed by atoms with Crippen LogP contribution in [0.25, 0.3) is 0 Å². The molecule has 0 N–H and O–H groups in total. The van der Waals surface area contributed by atoms with Gasteiger partial charge in [-0.25, -0.2) is 0 Å². The van der Waals surface area contributed by atoms with Crippen LogP contribution in [-0.4, -0.2) is 72.9 Å². The van der Waals surface area contributed by atoms with Gasteiger partial charge in [0, 0.05) is 57.0 Å². The largest absolute Gasteiger partial charge is 0.497 e. The van der Waals surface area contributed by atoms with E-state index in [4.69, 9.17) is 4.74 Å². The Morgan fingerprint density at radius 2 is 1.59 bits per heavy atom. The molecule has 0 aliphatic carbocycles. The number of piperidine rings is 1. The number of hydrogen-bond acceptors (Lipinski definition) is 6. The number of nitro groups is 1. The second-order valence-corrected chi connectivity index (χ2v) is 8.94. The summed E-state index contributed by atoms with van der Waals surface area (Å²) in [6.45, 7) is 5.39. The number of anilines is 1. The van der Waals surface area contributed by atoms with Crippen LogP contribution < -0.4 is 9.64 Å². The third-order valence-electron chi connectivity index (χ3n) is 6.72. The topological polar surface area (TPSA) is 96.2 Å². The Bertz CT molecular complexity index is 1070. The number of rotatable bonds is 5. The monoisotopic (exact) mass is 466 g/mol. The second-order valence-electron chi connectivity index (χ2n) is 8.94. The predicted octanol–water partition coefficient (Wildman–Crippen LogP) is 3.44. The number of non-ortho nitro benzene ring substituents is 1. The normalized spacial score (nSPS) is 16.9. The third kappa shape index (κ3) is 4.98. The molecule has 2 aromatic rings. The summed E-state index contributed by atoms with van der Waals surface area (Å²) in [7, 11) is 1.56. The van der Waals surface area contributed by atoms with Crippen LogP contribution in [-0.2, 0) is 0 Å². The van der Waals surface area contributed by atoms with E-state index in [9.17, 15) is 19.7 Å². The predicted molar refractivity (Wildman–Crippen MR) is 129 cm³/mol. The maximum Gasteiger partial charge on any atom is 0.270 e. The average molecular weight is 467 g/mol. The number of ether oxygens (including phenoxy) is 1. The molecule has 0 radical (unpaired) electrons. The van der Waals surface area contributed by atoms with Crippen molar-refractivity contribution in [2.24, 2.45) is 5.92 Å². The van der Waals surface area contributed by atoms with Crippen molar-refractivity contribution < 1.29 is 19.2 Å². The van der Waals surface area contributed by atoms with Crippen molar-refractivity contribution in [1.82, 2.24) is 9.80 Å². The minimum atomic E-state index is -0.469. The fourth-order valence-electron chi connectivity index (χ4n) is 4.56.